The quantitative estimate of drug-likeness (QED) is 0.866. The topological polar surface area (TPSA) is 47.6 Å². The molecule has 114 valence electrons. The van der Waals surface area contributed by atoms with Crippen molar-refractivity contribution >= 4 is 34.8 Å². The fourth-order valence-corrected chi connectivity index (χ4v) is 3.12. The maximum Gasteiger partial charge on any atom is 0.254 e. The van der Waals surface area contributed by atoms with Crippen LogP contribution in [0.5, 0.6) is 11.5 Å². The summed E-state index contributed by atoms with van der Waals surface area (Å²) in [6.45, 7) is 0. The van der Waals surface area contributed by atoms with Crippen molar-refractivity contribution in [2.45, 2.75) is 4.87 Å². The van der Waals surface area contributed by atoms with Crippen LogP contribution in [0.4, 0.5) is 5.69 Å². The van der Waals surface area contributed by atoms with Gasteiger partial charge in [0, 0.05) is 27.9 Å². The van der Waals surface area contributed by atoms with Crippen molar-refractivity contribution in [3.8, 4) is 11.5 Å². The Morgan fingerprint density at radius 2 is 1.82 bits per heavy atom. The standard InChI is InChI=1S/C16H13Cl2NO3/c1-21-10-4-5-11(14(8-10)22-2)16(18)12-7-9(17)3-6-13(12)19-15(16)20/h3-8H,1-2H3,(H,19,20). The second-order valence-electron chi connectivity index (χ2n) is 4.87. The predicted octanol–water partition coefficient (Wildman–Crippen LogP) is 3.79. The SMILES string of the molecule is COc1ccc(C2(Cl)C(=O)Nc3ccc(Cl)cc32)c(OC)c1. The zero-order valence-corrected chi connectivity index (χ0v) is 13.5. The second kappa shape index (κ2) is 5.38. The highest BCUT2D eigenvalue weighted by atomic mass is 35.5. The molecule has 0 radical (unpaired) electrons. The Kier molecular flexibility index (Phi) is 3.67. The van der Waals surface area contributed by atoms with Gasteiger partial charge in [-0.1, -0.05) is 23.2 Å². The number of alkyl halides is 1. The summed E-state index contributed by atoms with van der Waals surface area (Å²) >= 11 is 12.8. The maximum absolute atomic E-state index is 12.5. The van der Waals surface area contributed by atoms with Gasteiger partial charge in [0.2, 0.25) is 0 Å². The van der Waals surface area contributed by atoms with Crippen LogP contribution in [-0.4, -0.2) is 20.1 Å². The van der Waals surface area contributed by atoms with E-state index in [4.69, 9.17) is 32.7 Å². The summed E-state index contributed by atoms with van der Waals surface area (Å²) in [7, 11) is 3.08. The van der Waals surface area contributed by atoms with Gasteiger partial charge >= 0.3 is 0 Å². The van der Waals surface area contributed by atoms with E-state index in [1.54, 1.807) is 43.5 Å². The zero-order valence-electron chi connectivity index (χ0n) is 11.9. The van der Waals surface area contributed by atoms with E-state index in [9.17, 15) is 4.79 Å². The van der Waals surface area contributed by atoms with Crippen molar-refractivity contribution in [1.29, 1.82) is 0 Å². The first-order valence-electron chi connectivity index (χ1n) is 6.53. The largest absolute Gasteiger partial charge is 0.497 e. The van der Waals surface area contributed by atoms with Gasteiger partial charge < -0.3 is 14.8 Å². The number of carbonyl (C=O) groups excluding carboxylic acids is 1. The fraction of sp³-hybridized carbons (Fsp3) is 0.188. The van der Waals surface area contributed by atoms with E-state index >= 15 is 0 Å². The molecule has 2 aromatic carbocycles. The normalized spacial score (nSPS) is 19.5. The van der Waals surface area contributed by atoms with E-state index in [0.717, 1.165) is 0 Å². The second-order valence-corrected chi connectivity index (χ2v) is 5.87. The molecule has 22 heavy (non-hydrogen) atoms. The van der Waals surface area contributed by atoms with Crippen molar-refractivity contribution in [3.63, 3.8) is 0 Å². The van der Waals surface area contributed by atoms with Gasteiger partial charge in [-0.3, -0.25) is 4.79 Å². The molecule has 1 aliphatic rings. The number of ether oxygens (including phenoxy) is 2. The van der Waals surface area contributed by atoms with E-state index in [-0.39, 0.29) is 5.91 Å². The van der Waals surface area contributed by atoms with Crippen LogP contribution in [0.2, 0.25) is 5.02 Å². The van der Waals surface area contributed by atoms with Gasteiger partial charge in [0.1, 0.15) is 11.5 Å². The number of hydrogen-bond acceptors (Lipinski definition) is 3. The third-order valence-corrected chi connectivity index (χ3v) is 4.51. The van der Waals surface area contributed by atoms with Gasteiger partial charge in [-0.2, -0.15) is 0 Å². The van der Waals surface area contributed by atoms with Crippen LogP contribution >= 0.6 is 23.2 Å². The van der Waals surface area contributed by atoms with Crippen molar-refractivity contribution in [1.82, 2.24) is 0 Å². The van der Waals surface area contributed by atoms with Gasteiger partial charge in [-0.15, -0.1) is 0 Å². The van der Waals surface area contributed by atoms with E-state index < -0.39 is 4.87 Å². The lowest BCUT2D eigenvalue weighted by Gasteiger charge is -2.23. The summed E-state index contributed by atoms with van der Waals surface area (Å²) in [5.41, 5.74) is 1.79. The lowest BCUT2D eigenvalue weighted by molar-refractivity contribution is -0.117. The van der Waals surface area contributed by atoms with Crippen molar-refractivity contribution in [3.05, 3.63) is 52.5 Å². The number of carbonyl (C=O) groups is 1. The van der Waals surface area contributed by atoms with E-state index in [0.29, 0.717) is 33.3 Å². The van der Waals surface area contributed by atoms with Crippen LogP contribution in [0.15, 0.2) is 36.4 Å². The number of methoxy groups -OCH3 is 2. The monoisotopic (exact) mass is 337 g/mol. The van der Waals surface area contributed by atoms with E-state index in [1.165, 1.54) is 7.11 Å². The van der Waals surface area contributed by atoms with Gasteiger partial charge in [-0.25, -0.2) is 0 Å². The Morgan fingerprint density at radius 3 is 2.50 bits per heavy atom. The number of benzene rings is 2. The molecule has 6 heteroatoms. The average Bonchev–Trinajstić information content (AvgIpc) is 2.79. The molecule has 0 saturated heterocycles. The minimum atomic E-state index is -1.39. The summed E-state index contributed by atoms with van der Waals surface area (Å²) < 4.78 is 10.6. The van der Waals surface area contributed by atoms with Crippen molar-refractivity contribution in [2.75, 3.05) is 19.5 Å². The molecule has 0 aromatic heterocycles. The van der Waals surface area contributed by atoms with Crippen LogP contribution in [0, 0.1) is 0 Å². The molecule has 0 saturated carbocycles. The molecule has 1 unspecified atom stereocenters. The summed E-state index contributed by atoms with van der Waals surface area (Å²) in [6, 6.07) is 10.3. The maximum atomic E-state index is 12.5. The van der Waals surface area contributed by atoms with Crippen LogP contribution in [0.25, 0.3) is 0 Å². The minimum Gasteiger partial charge on any atom is -0.497 e. The molecule has 1 amide bonds. The average molecular weight is 338 g/mol. The first-order valence-corrected chi connectivity index (χ1v) is 7.29. The molecular formula is C16H13Cl2NO3. The van der Waals surface area contributed by atoms with Crippen LogP contribution < -0.4 is 14.8 Å². The van der Waals surface area contributed by atoms with E-state index in [2.05, 4.69) is 5.32 Å². The smallest absolute Gasteiger partial charge is 0.254 e. The number of nitrogens with one attached hydrogen (secondary N) is 1. The molecule has 0 spiro atoms. The number of amides is 1. The number of fused-ring (bicyclic) bond motifs is 1. The molecular weight excluding hydrogens is 325 g/mol. The third-order valence-electron chi connectivity index (χ3n) is 3.69. The number of rotatable bonds is 3. The third kappa shape index (κ3) is 2.11. The number of halogens is 2. The molecule has 0 fully saturated rings. The summed E-state index contributed by atoms with van der Waals surface area (Å²) in [4.78, 5) is 11.1. The Labute approximate surface area is 137 Å². The summed E-state index contributed by atoms with van der Waals surface area (Å²) in [6.07, 6.45) is 0. The highest BCUT2D eigenvalue weighted by molar-refractivity contribution is 6.41. The fourth-order valence-electron chi connectivity index (χ4n) is 2.59. The van der Waals surface area contributed by atoms with Crippen LogP contribution in [0.1, 0.15) is 11.1 Å². The highest BCUT2D eigenvalue weighted by Gasteiger charge is 2.48. The highest BCUT2D eigenvalue weighted by Crippen LogP contribution is 2.50. The Morgan fingerprint density at radius 1 is 1.05 bits per heavy atom. The predicted molar refractivity (Wildman–Crippen MR) is 86.3 cm³/mol. The molecule has 1 aliphatic heterocycles. The molecule has 2 aromatic rings. The summed E-state index contributed by atoms with van der Waals surface area (Å²) in [5, 5.41) is 3.28. The van der Waals surface area contributed by atoms with E-state index in [1.807, 2.05) is 0 Å². The van der Waals surface area contributed by atoms with Gasteiger partial charge in [0.25, 0.3) is 5.91 Å². The first-order chi connectivity index (χ1) is 10.5. The molecule has 1 heterocycles. The Hall–Kier alpha value is -1.91. The van der Waals surface area contributed by atoms with Crippen LogP contribution in [0.3, 0.4) is 0 Å². The molecule has 0 aliphatic carbocycles. The molecule has 1 N–H and O–H groups in total. The Bertz CT molecular complexity index is 763. The van der Waals surface area contributed by atoms with Gasteiger partial charge in [0.15, 0.2) is 4.87 Å². The first kappa shape index (κ1) is 15.0. The molecule has 0 bridgehead atoms. The lowest BCUT2D eigenvalue weighted by Crippen LogP contribution is -2.30. The van der Waals surface area contributed by atoms with Crippen molar-refractivity contribution in [2.24, 2.45) is 0 Å². The summed E-state index contributed by atoms with van der Waals surface area (Å²) in [5.74, 6) is 0.748. The molecule has 1 atom stereocenters. The number of hydrogen-bond donors (Lipinski definition) is 1. The van der Waals surface area contributed by atoms with Crippen molar-refractivity contribution < 1.29 is 14.3 Å². The Balaban J connectivity index is 2.23. The molecule has 4 nitrogen and oxygen atoms in total. The molecule has 3 rings (SSSR count). The van der Waals surface area contributed by atoms with Crippen LogP contribution in [-0.2, 0) is 9.67 Å². The van der Waals surface area contributed by atoms with Gasteiger partial charge in [0.05, 0.1) is 14.2 Å². The number of anilines is 1. The minimum absolute atomic E-state index is 0.338. The van der Waals surface area contributed by atoms with Gasteiger partial charge in [-0.05, 0) is 30.3 Å². The zero-order chi connectivity index (χ0) is 15.9. The lowest BCUT2D eigenvalue weighted by atomic mass is 9.90.